The molecule has 3 amide bonds. The zero-order valence-corrected chi connectivity index (χ0v) is 17.5. The smallest absolute Gasteiger partial charge is 0.324 e. The molecule has 2 aromatic carbocycles. The van der Waals surface area contributed by atoms with E-state index in [1.807, 2.05) is 17.5 Å². The van der Waals surface area contributed by atoms with Crippen molar-refractivity contribution >= 4 is 34.6 Å². The van der Waals surface area contributed by atoms with Crippen molar-refractivity contribution in [3.8, 4) is 0 Å². The van der Waals surface area contributed by atoms with Crippen LogP contribution < -0.4 is 10.2 Å². The van der Waals surface area contributed by atoms with Gasteiger partial charge in [0.2, 0.25) is 5.91 Å². The first kappa shape index (κ1) is 21.0. The second-order valence-electron chi connectivity index (χ2n) is 7.34. The fraction of sp³-hybridized carbons (Fsp3) is 0.217. The van der Waals surface area contributed by atoms with Crippen molar-refractivity contribution in [1.29, 1.82) is 0 Å². The Bertz CT molecular complexity index is 1070. The summed E-state index contributed by atoms with van der Waals surface area (Å²) in [5, 5.41) is 4.80. The van der Waals surface area contributed by atoms with Crippen molar-refractivity contribution in [3.63, 3.8) is 0 Å². The van der Waals surface area contributed by atoms with Gasteiger partial charge in [-0.2, -0.15) is 0 Å². The molecule has 160 valence electrons. The van der Waals surface area contributed by atoms with Gasteiger partial charge in [-0.3, -0.25) is 9.69 Å². The van der Waals surface area contributed by atoms with E-state index in [4.69, 9.17) is 0 Å². The predicted octanol–water partition coefficient (Wildman–Crippen LogP) is 5.04. The second-order valence-corrected chi connectivity index (χ2v) is 8.37. The molecule has 0 radical (unpaired) electrons. The van der Waals surface area contributed by atoms with Gasteiger partial charge < -0.3 is 10.2 Å². The first-order chi connectivity index (χ1) is 15.0. The fourth-order valence-electron chi connectivity index (χ4n) is 3.62. The van der Waals surface area contributed by atoms with Gasteiger partial charge in [0, 0.05) is 42.0 Å². The lowest BCUT2D eigenvalue weighted by Crippen LogP contribution is -2.49. The molecule has 0 spiro atoms. The lowest BCUT2D eigenvalue weighted by molar-refractivity contribution is -0.115. The Kier molecular flexibility index (Phi) is 6.27. The molecule has 5 nitrogen and oxygen atoms in total. The number of urea groups is 1. The van der Waals surface area contributed by atoms with E-state index in [9.17, 15) is 18.4 Å². The highest BCUT2D eigenvalue weighted by atomic mass is 32.1. The summed E-state index contributed by atoms with van der Waals surface area (Å²) in [7, 11) is 0. The van der Waals surface area contributed by atoms with Crippen LogP contribution in [-0.2, 0) is 17.8 Å². The van der Waals surface area contributed by atoms with Gasteiger partial charge in [0.25, 0.3) is 0 Å². The van der Waals surface area contributed by atoms with Crippen LogP contribution in [0.3, 0.4) is 0 Å². The van der Waals surface area contributed by atoms with Crippen molar-refractivity contribution in [2.45, 2.75) is 19.4 Å². The van der Waals surface area contributed by atoms with Gasteiger partial charge in [0.1, 0.15) is 11.6 Å². The van der Waals surface area contributed by atoms with Gasteiger partial charge in [0.05, 0.1) is 6.42 Å². The largest absolute Gasteiger partial charge is 0.326 e. The van der Waals surface area contributed by atoms with E-state index in [1.54, 1.807) is 34.1 Å². The van der Waals surface area contributed by atoms with E-state index in [1.165, 1.54) is 23.5 Å². The number of nitrogens with one attached hydrogen (secondary N) is 1. The van der Waals surface area contributed by atoms with Crippen LogP contribution in [-0.4, -0.2) is 29.9 Å². The van der Waals surface area contributed by atoms with Crippen molar-refractivity contribution in [1.82, 2.24) is 4.90 Å². The molecular formula is C23H21F2N3O2S. The monoisotopic (exact) mass is 441 g/mol. The topological polar surface area (TPSA) is 52.7 Å². The van der Waals surface area contributed by atoms with Crippen molar-refractivity contribution < 1.29 is 18.4 Å². The number of thiophene rings is 1. The minimum absolute atomic E-state index is 0.126. The molecule has 1 aliphatic heterocycles. The van der Waals surface area contributed by atoms with Gasteiger partial charge in [-0.25, -0.2) is 13.6 Å². The molecule has 0 saturated carbocycles. The number of carbonyl (C=O) groups is 2. The maximum atomic E-state index is 13.5. The molecule has 4 rings (SSSR count). The van der Waals surface area contributed by atoms with Gasteiger partial charge >= 0.3 is 6.03 Å². The molecule has 8 heteroatoms. The Hall–Kier alpha value is -3.26. The molecule has 0 atom stereocenters. The van der Waals surface area contributed by atoms with Crippen LogP contribution in [0.1, 0.15) is 16.9 Å². The van der Waals surface area contributed by atoms with Gasteiger partial charge in [0.15, 0.2) is 0 Å². The van der Waals surface area contributed by atoms with E-state index in [-0.39, 0.29) is 18.5 Å². The second kappa shape index (κ2) is 9.26. The molecular weight excluding hydrogens is 420 g/mol. The summed E-state index contributed by atoms with van der Waals surface area (Å²) in [4.78, 5) is 29.5. The maximum Gasteiger partial charge on any atom is 0.324 e. The van der Waals surface area contributed by atoms with Crippen LogP contribution in [0.5, 0.6) is 0 Å². The summed E-state index contributed by atoms with van der Waals surface area (Å²) in [6, 6.07) is 14.0. The van der Waals surface area contributed by atoms with Crippen LogP contribution in [0, 0.1) is 11.6 Å². The minimum atomic E-state index is -0.665. The standard InChI is InChI=1S/C23H21F2N3O2S/c24-17-10-16(11-18(25)12-17)15-27-7-3-8-28(23(27)30)20-5-1-4-19(13-20)26-22(29)14-21-6-2-9-31-21/h1-2,4-6,9-13H,3,7-8,14-15H2,(H,26,29). The number of anilines is 2. The van der Waals surface area contributed by atoms with E-state index >= 15 is 0 Å². The predicted molar refractivity (Wildman–Crippen MR) is 117 cm³/mol. The SMILES string of the molecule is O=C(Cc1cccs1)Nc1cccc(N2CCCN(Cc3cc(F)cc(F)c3)C2=O)c1. The van der Waals surface area contributed by atoms with E-state index < -0.39 is 11.6 Å². The number of nitrogens with zero attached hydrogens (tertiary/aromatic N) is 2. The van der Waals surface area contributed by atoms with Crippen molar-refractivity contribution in [2.24, 2.45) is 0 Å². The average molecular weight is 442 g/mol. The molecule has 3 aromatic rings. The Morgan fingerprint density at radius 3 is 2.58 bits per heavy atom. The van der Waals surface area contributed by atoms with Crippen molar-refractivity contribution in [3.05, 3.63) is 82.1 Å². The lowest BCUT2D eigenvalue weighted by atomic mass is 10.1. The van der Waals surface area contributed by atoms with Crippen molar-refractivity contribution in [2.75, 3.05) is 23.3 Å². The van der Waals surface area contributed by atoms with Crippen LogP contribution in [0.15, 0.2) is 60.0 Å². The fourth-order valence-corrected chi connectivity index (χ4v) is 4.32. The Balaban J connectivity index is 1.45. The highest BCUT2D eigenvalue weighted by Gasteiger charge is 2.27. The summed E-state index contributed by atoms with van der Waals surface area (Å²) >= 11 is 1.52. The summed E-state index contributed by atoms with van der Waals surface area (Å²) in [6.07, 6.45) is 1.01. The van der Waals surface area contributed by atoms with Gasteiger partial charge in [-0.1, -0.05) is 12.1 Å². The molecule has 1 fully saturated rings. The molecule has 0 aliphatic carbocycles. The van der Waals surface area contributed by atoms with E-state index in [0.29, 0.717) is 36.4 Å². The highest BCUT2D eigenvalue weighted by Crippen LogP contribution is 2.25. The minimum Gasteiger partial charge on any atom is -0.326 e. The molecule has 1 N–H and O–H groups in total. The molecule has 0 bridgehead atoms. The zero-order valence-electron chi connectivity index (χ0n) is 16.7. The number of halogens is 2. The Labute approximate surface area is 182 Å². The van der Waals surface area contributed by atoms with Crippen LogP contribution in [0.2, 0.25) is 0 Å². The normalized spacial score (nSPS) is 14.1. The first-order valence-electron chi connectivity index (χ1n) is 9.91. The Morgan fingerprint density at radius 2 is 1.84 bits per heavy atom. The molecule has 1 aromatic heterocycles. The summed E-state index contributed by atoms with van der Waals surface area (Å²) in [6.45, 7) is 1.16. The van der Waals surface area contributed by atoms with Crippen LogP contribution in [0.4, 0.5) is 25.0 Å². The summed E-state index contributed by atoms with van der Waals surface area (Å²) in [5.41, 5.74) is 1.67. The zero-order chi connectivity index (χ0) is 21.8. The van der Waals surface area contributed by atoms with E-state index in [2.05, 4.69) is 5.32 Å². The number of carbonyl (C=O) groups excluding carboxylic acids is 2. The van der Waals surface area contributed by atoms with E-state index in [0.717, 1.165) is 17.4 Å². The number of hydrogen-bond acceptors (Lipinski definition) is 3. The third kappa shape index (κ3) is 5.27. The third-order valence-corrected chi connectivity index (χ3v) is 5.84. The van der Waals surface area contributed by atoms with Gasteiger partial charge in [-0.15, -0.1) is 11.3 Å². The lowest BCUT2D eigenvalue weighted by Gasteiger charge is -2.36. The highest BCUT2D eigenvalue weighted by molar-refractivity contribution is 7.10. The van der Waals surface area contributed by atoms with Crippen LogP contribution in [0.25, 0.3) is 0 Å². The number of benzene rings is 2. The number of amides is 3. The summed E-state index contributed by atoms with van der Waals surface area (Å²) < 4.78 is 27.0. The molecule has 31 heavy (non-hydrogen) atoms. The Morgan fingerprint density at radius 1 is 1.03 bits per heavy atom. The maximum absolute atomic E-state index is 13.5. The average Bonchev–Trinajstić information content (AvgIpc) is 3.22. The molecule has 1 aliphatic rings. The van der Waals surface area contributed by atoms with Gasteiger partial charge in [-0.05, 0) is 53.8 Å². The summed E-state index contributed by atoms with van der Waals surface area (Å²) in [5.74, 6) is -1.45. The molecule has 1 saturated heterocycles. The first-order valence-corrected chi connectivity index (χ1v) is 10.8. The van der Waals surface area contributed by atoms with Crippen LogP contribution >= 0.6 is 11.3 Å². The number of rotatable bonds is 6. The molecule has 2 heterocycles. The third-order valence-electron chi connectivity index (χ3n) is 4.96. The molecule has 0 unspecified atom stereocenters. The number of hydrogen-bond donors (Lipinski definition) is 1. The quantitative estimate of drug-likeness (QED) is 0.583.